The van der Waals surface area contributed by atoms with Gasteiger partial charge in [-0.2, -0.15) is 0 Å². The number of carbonyl (C=O) groups is 2. The Balaban J connectivity index is 1.84. The lowest BCUT2D eigenvalue weighted by atomic mass is 9.90. The van der Waals surface area contributed by atoms with E-state index in [0.29, 0.717) is 40.1 Å². The van der Waals surface area contributed by atoms with Gasteiger partial charge in [-0.3, -0.25) is 9.59 Å². The van der Waals surface area contributed by atoms with Crippen molar-refractivity contribution in [3.05, 3.63) is 52.1 Å². The summed E-state index contributed by atoms with van der Waals surface area (Å²) in [6, 6.07) is 8.35. The number of carbonyl (C=O) groups excluding carboxylic acids is 1. The van der Waals surface area contributed by atoms with Crippen LogP contribution in [0.3, 0.4) is 0 Å². The van der Waals surface area contributed by atoms with Gasteiger partial charge in [-0.25, -0.2) is 4.98 Å². The second-order valence-electron chi connectivity index (χ2n) is 6.50. The maximum atomic E-state index is 12.9. The number of aliphatic carboxylic acids is 1. The molecule has 2 aromatic rings. The van der Waals surface area contributed by atoms with Crippen molar-refractivity contribution in [2.75, 3.05) is 18.4 Å². The van der Waals surface area contributed by atoms with Crippen molar-refractivity contribution in [1.82, 2.24) is 9.88 Å². The van der Waals surface area contributed by atoms with Gasteiger partial charge in [0.25, 0.3) is 5.91 Å². The van der Waals surface area contributed by atoms with Gasteiger partial charge in [0.05, 0.1) is 21.0 Å². The number of amides is 1. The molecule has 2 N–H and O–H groups in total. The van der Waals surface area contributed by atoms with E-state index >= 15 is 0 Å². The normalized spacial score (nSPS) is 19.4. The molecule has 1 unspecified atom stereocenters. The topological polar surface area (TPSA) is 82.5 Å². The van der Waals surface area contributed by atoms with Gasteiger partial charge < -0.3 is 15.3 Å². The molecular formula is C18H17Cl2N3O3. The van der Waals surface area contributed by atoms with Gasteiger partial charge in [0.1, 0.15) is 5.82 Å². The number of benzene rings is 1. The van der Waals surface area contributed by atoms with E-state index < -0.39 is 11.4 Å². The second-order valence-corrected chi connectivity index (χ2v) is 7.31. The number of anilines is 2. The van der Waals surface area contributed by atoms with Crippen LogP contribution < -0.4 is 5.32 Å². The van der Waals surface area contributed by atoms with Crippen molar-refractivity contribution in [2.24, 2.45) is 5.41 Å². The number of nitrogens with zero attached hydrogens (tertiary/aromatic N) is 2. The van der Waals surface area contributed by atoms with E-state index in [4.69, 9.17) is 23.2 Å². The maximum Gasteiger partial charge on any atom is 0.311 e. The number of aromatic nitrogens is 1. The number of likely N-dealkylation sites (tertiary alicyclic amines) is 1. The van der Waals surface area contributed by atoms with Gasteiger partial charge in [0.2, 0.25) is 0 Å². The lowest BCUT2D eigenvalue weighted by molar-refractivity contribution is -0.147. The number of carboxylic acids is 1. The van der Waals surface area contributed by atoms with E-state index in [2.05, 4.69) is 10.3 Å². The Morgan fingerprint density at radius 1 is 1.27 bits per heavy atom. The Bertz CT molecular complexity index is 875. The van der Waals surface area contributed by atoms with Crippen LogP contribution in [0.4, 0.5) is 11.5 Å². The van der Waals surface area contributed by atoms with Crippen molar-refractivity contribution in [3.8, 4) is 0 Å². The average molecular weight is 394 g/mol. The summed E-state index contributed by atoms with van der Waals surface area (Å²) in [7, 11) is 0. The molecule has 26 heavy (non-hydrogen) atoms. The minimum Gasteiger partial charge on any atom is -0.481 e. The van der Waals surface area contributed by atoms with Crippen molar-refractivity contribution in [2.45, 2.75) is 13.3 Å². The van der Waals surface area contributed by atoms with Crippen LogP contribution >= 0.6 is 23.2 Å². The second kappa shape index (κ2) is 7.13. The van der Waals surface area contributed by atoms with Crippen LogP contribution in [0.15, 0.2) is 36.5 Å². The summed E-state index contributed by atoms with van der Waals surface area (Å²) in [5, 5.41) is 13.2. The van der Waals surface area contributed by atoms with Crippen molar-refractivity contribution in [1.29, 1.82) is 0 Å². The Hall–Kier alpha value is -2.31. The molecule has 1 aliphatic heterocycles. The zero-order valence-electron chi connectivity index (χ0n) is 14.0. The predicted octanol–water partition coefficient (Wildman–Crippen LogP) is 4.07. The molecule has 8 heteroatoms. The minimum atomic E-state index is -0.921. The molecule has 136 valence electrons. The first-order valence-corrected chi connectivity index (χ1v) is 8.75. The van der Waals surface area contributed by atoms with Gasteiger partial charge in [0.15, 0.2) is 0 Å². The molecule has 1 atom stereocenters. The van der Waals surface area contributed by atoms with E-state index in [1.54, 1.807) is 48.4 Å². The summed E-state index contributed by atoms with van der Waals surface area (Å²) in [5.74, 6) is -0.779. The van der Waals surface area contributed by atoms with Crippen LogP contribution in [0, 0.1) is 5.41 Å². The molecule has 1 saturated heterocycles. The monoisotopic (exact) mass is 393 g/mol. The number of halogens is 2. The van der Waals surface area contributed by atoms with E-state index in [1.807, 2.05) is 0 Å². The fourth-order valence-corrected chi connectivity index (χ4v) is 3.17. The third-order valence-electron chi connectivity index (χ3n) is 4.50. The molecule has 0 spiro atoms. The molecule has 1 amide bonds. The zero-order chi connectivity index (χ0) is 18.9. The van der Waals surface area contributed by atoms with Gasteiger partial charge >= 0.3 is 5.97 Å². The minimum absolute atomic E-state index is 0.169. The molecular weight excluding hydrogens is 377 g/mol. The molecule has 6 nitrogen and oxygen atoms in total. The van der Waals surface area contributed by atoms with Crippen molar-refractivity contribution < 1.29 is 14.7 Å². The Morgan fingerprint density at radius 3 is 2.69 bits per heavy atom. The third-order valence-corrected chi connectivity index (χ3v) is 5.24. The standard InChI is InChI=1S/C18H17Cl2N3O3/c1-18(17(25)26)6-8-23(10-18)16(24)12-3-2-7-21-15(12)22-11-4-5-13(19)14(20)9-11/h2-5,7,9H,6,8,10H2,1H3,(H,21,22)(H,25,26). The van der Waals surface area contributed by atoms with Crippen LogP contribution in [0.25, 0.3) is 0 Å². The summed E-state index contributed by atoms with van der Waals surface area (Å²) in [6.45, 7) is 2.21. The van der Waals surface area contributed by atoms with Gasteiger partial charge in [0, 0.05) is 25.0 Å². The number of rotatable bonds is 4. The van der Waals surface area contributed by atoms with Gasteiger partial charge in [-0.05, 0) is 43.7 Å². The molecule has 0 aliphatic carbocycles. The van der Waals surface area contributed by atoms with Crippen LogP contribution in [-0.4, -0.2) is 40.0 Å². The fraction of sp³-hybridized carbons (Fsp3) is 0.278. The van der Waals surface area contributed by atoms with Crippen LogP contribution in [-0.2, 0) is 4.79 Å². The lowest BCUT2D eigenvalue weighted by Crippen LogP contribution is -2.35. The van der Waals surface area contributed by atoms with E-state index in [1.165, 1.54) is 0 Å². The highest BCUT2D eigenvalue weighted by molar-refractivity contribution is 6.42. The Kier molecular flexibility index (Phi) is 5.07. The molecule has 0 bridgehead atoms. The van der Waals surface area contributed by atoms with Gasteiger partial charge in [-0.1, -0.05) is 23.2 Å². The molecule has 0 radical (unpaired) electrons. The Labute approximate surface area is 160 Å². The molecule has 2 heterocycles. The van der Waals surface area contributed by atoms with Gasteiger partial charge in [-0.15, -0.1) is 0 Å². The van der Waals surface area contributed by atoms with Crippen LogP contribution in [0.1, 0.15) is 23.7 Å². The molecule has 3 rings (SSSR count). The Morgan fingerprint density at radius 2 is 2.04 bits per heavy atom. The summed E-state index contributed by atoms with van der Waals surface area (Å²) in [6.07, 6.45) is 1.99. The first kappa shape index (κ1) is 18.5. The van der Waals surface area contributed by atoms with Crippen molar-refractivity contribution in [3.63, 3.8) is 0 Å². The first-order chi connectivity index (χ1) is 12.3. The number of hydrogen-bond acceptors (Lipinski definition) is 4. The quantitative estimate of drug-likeness (QED) is 0.817. The molecule has 1 aromatic carbocycles. The maximum absolute atomic E-state index is 12.9. The number of carboxylic acid groups (broad SMARTS) is 1. The summed E-state index contributed by atoms with van der Waals surface area (Å²) in [5.41, 5.74) is 0.0898. The third kappa shape index (κ3) is 3.61. The van der Waals surface area contributed by atoms with E-state index in [0.717, 1.165) is 0 Å². The smallest absolute Gasteiger partial charge is 0.311 e. The van der Waals surface area contributed by atoms with E-state index in [9.17, 15) is 14.7 Å². The highest BCUT2D eigenvalue weighted by atomic mass is 35.5. The summed E-state index contributed by atoms with van der Waals surface area (Å²) in [4.78, 5) is 30.1. The lowest BCUT2D eigenvalue weighted by Gasteiger charge is -2.21. The SMILES string of the molecule is CC1(C(=O)O)CCN(C(=O)c2cccnc2Nc2ccc(Cl)c(Cl)c2)C1. The highest BCUT2D eigenvalue weighted by Crippen LogP contribution is 2.32. The average Bonchev–Trinajstić information content (AvgIpc) is 3.02. The largest absolute Gasteiger partial charge is 0.481 e. The van der Waals surface area contributed by atoms with Crippen LogP contribution in [0.5, 0.6) is 0 Å². The van der Waals surface area contributed by atoms with E-state index in [-0.39, 0.29) is 12.5 Å². The highest BCUT2D eigenvalue weighted by Gasteiger charge is 2.42. The first-order valence-electron chi connectivity index (χ1n) is 8.00. The summed E-state index contributed by atoms with van der Waals surface area (Å²) < 4.78 is 0. The molecule has 1 aliphatic rings. The molecule has 1 aromatic heterocycles. The number of nitrogens with one attached hydrogen (secondary N) is 1. The number of pyridine rings is 1. The zero-order valence-corrected chi connectivity index (χ0v) is 15.5. The summed E-state index contributed by atoms with van der Waals surface area (Å²) >= 11 is 11.9. The fourth-order valence-electron chi connectivity index (χ4n) is 2.87. The number of hydrogen-bond donors (Lipinski definition) is 2. The molecule has 0 saturated carbocycles. The predicted molar refractivity (Wildman–Crippen MR) is 100 cm³/mol. The van der Waals surface area contributed by atoms with Crippen LogP contribution in [0.2, 0.25) is 10.0 Å². The molecule has 1 fully saturated rings. The van der Waals surface area contributed by atoms with Crippen molar-refractivity contribution >= 4 is 46.6 Å².